The summed E-state index contributed by atoms with van der Waals surface area (Å²) in [6.07, 6.45) is 22.1. The van der Waals surface area contributed by atoms with Crippen molar-refractivity contribution in [3.8, 4) is 0 Å². The SMILES string of the molecule is CC1CCC(CCCCCCCCC2CCCCC2C=O)CC1C. The van der Waals surface area contributed by atoms with Crippen molar-refractivity contribution >= 4 is 6.29 Å². The predicted molar refractivity (Wildman–Crippen MR) is 104 cm³/mol. The molecule has 5 unspecified atom stereocenters. The molecule has 0 heterocycles. The highest BCUT2D eigenvalue weighted by Crippen LogP contribution is 2.36. The second-order valence-electron chi connectivity index (χ2n) is 9.18. The molecule has 2 saturated carbocycles. The van der Waals surface area contributed by atoms with E-state index in [0.29, 0.717) is 11.8 Å². The number of carbonyl (C=O) groups excluding carboxylic acids is 1. The minimum Gasteiger partial charge on any atom is -0.303 e. The first-order valence-corrected chi connectivity index (χ1v) is 11.2. The summed E-state index contributed by atoms with van der Waals surface area (Å²) < 4.78 is 0. The Bertz CT molecular complexity index is 337. The standard InChI is InChI=1S/C23H42O/c1-19-15-16-21(17-20(19)2)11-7-5-3-4-6-8-12-22-13-9-10-14-23(22)18-24/h18-23H,3-17H2,1-2H3. The second-order valence-corrected chi connectivity index (χ2v) is 9.18. The van der Waals surface area contributed by atoms with Gasteiger partial charge in [-0.15, -0.1) is 0 Å². The lowest BCUT2D eigenvalue weighted by molar-refractivity contribution is -0.113. The van der Waals surface area contributed by atoms with E-state index < -0.39 is 0 Å². The fraction of sp³-hybridized carbons (Fsp3) is 0.957. The Morgan fingerprint density at radius 1 is 0.750 bits per heavy atom. The zero-order valence-electron chi connectivity index (χ0n) is 16.5. The largest absolute Gasteiger partial charge is 0.303 e. The van der Waals surface area contributed by atoms with Gasteiger partial charge in [0.2, 0.25) is 0 Å². The van der Waals surface area contributed by atoms with Crippen LogP contribution in [0.25, 0.3) is 0 Å². The van der Waals surface area contributed by atoms with Crippen molar-refractivity contribution in [3.63, 3.8) is 0 Å². The lowest BCUT2D eigenvalue weighted by Gasteiger charge is -2.32. The summed E-state index contributed by atoms with van der Waals surface area (Å²) in [6.45, 7) is 4.89. The average Bonchev–Trinajstić information content (AvgIpc) is 2.60. The van der Waals surface area contributed by atoms with Crippen LogP contribution in [0.1, 0.15) is 110 Å². The van der Waals surface area contributed by atoms with E-state index in [1.165, 1.54) is 96.2 Å². The zero-order chi connectivity index (χ0) is 17.2. The molecule has 0 bridgehead atoms. The van der Waals surface area contributed by atoms with E-state index in [0.717, 1.165) is 24.2 Å². The molecule has 0 aromatic rings. The third kappa shape index (κ3) is 6.89. The van der Waals surface area contributed by atoms with E-state index in [9.17, 15) is 4.79 Å². The van der Waals surface area contributed by atoms with Gasteiger partial charge < -0.3 is 4.79 Å². The van der Waals surface area contributed by atoms with Crippen molar-refractivity contribution < 1.29 is 4.79 Å². The maximum absolute atomic E-state index is 11.1. The van der Waals surface area contributed by atoms with Crippen molar-refractivity contribution in [1.29, 1.82) is 0 Å². The van der Waals surface area contributed by atoms with Gasteiger partial charge in [-0.3, -0.25) is 0 Å². The third-order valence-corrected chi connectivity index (χ3v) is 7.29. The molecule has 0 radical (unpaired) electrons. The highest BCUT2D eigenvalue weighted by atomic mass is 16.1. The normalized spacial score (nSPS) is 34.2. The van der Waals surface area contributed by atoms with Gasteiger partial charge in [0.05, 0.1) is 0 Å². The van der Waals surface area contributed by atoms with Gasteiger partial charge in [-0.25, -0.2) is 0 Å². The lowest BCUT2D eigenvalue weighted by atomic mass is 9.74. The summed E-state index contributed by atoms with van der Waals surface area (Å²) in [4.78, 5) is 11.1. The molecular formula is C23H42O. The second kappa shape index (κ2) is 11.3. The molecule has 0 N–H and O–H groups in total. The van der Waals surface area contributed by atoms with E-state index in [2.05, 4.69) is 13.8 Å². The molecule has 140 valence electrons. The first-order valence-electron chi connectivity index (χ1n) is 11.2. The van der Waals surface area contributed by atoms with E-state index in [-0.39, 0.29) is 0 Å². The summed E-state index contributed by atoms with van der Waals surface area (Å²) in [5.74, 6) is 4.05. The molecule has 2 aliphatic rings. The van der Waals surface area contributed by atoms with Crippen LogP contribution < -0.4 is 0 Å². The number of rotatable bonds is 10. The Morgan fingerprint density at radius 2 is 1.42 bits per heavy atom. The summed E-state index contributed by atoms with van der Waals surface area (Å²) in [5, 5.41) is 0. The summed E-state index contributed by atoms with van der Waals surface area (Å²) in [6, 6.07) is 0. The van der Waals surface area contributed by atoms with Gasteiger partial charge in [-0.05, 0) is 49.4 Å². The van der Waals surface area contributed by atoms with Crippen LogP contribution in [0.5, 0.6) is 0 Å². The van der Waals surface area contributed by atoms with Gasteiger partial charge in [0.15, 0.2) is 0 Å². The van der Waals surface area contributed by atoms with Crippen LogP contribution in [0.2, 0.25) is 0 Å². The molecule has 0 aromatic heterocycles. The minimum absolute atomic E-state index is 0.388. The molecule has 0 aromatic carbocycles. The molecule has 2 rings (SSSR count). The quantitative estimate of drug-likeness (QED) is 0.305. The van der Waals surface area contributed by atoms with Crippen molar-refractivity contribution in [1.82, 2.24) is 0 Å². The highest BCUT2D eigenvalue weighted by molar-refractivity contribution is 5.54. The molecule has 0 spiro atoms. The van der Waals surface area contributed by atoms with E-state index in [4.69, 9.17) is 0 Å². The molecule has 24 heavy (non-hydrogen) atoms. The molecule has 2 aliphatic carbocycles. The smallest absolute Gasteiger partial charge is 0.123 e. The summed E-state index contributed by atoms with van der Waals surface area (Å²) >= 11 is 0. The highest BCUT2D eigenvalue weighted by Gasteiger charge is 2.24. The number of hydrogen-bond donors (Lipinski definition) is 0. The zero-order valence-corrected chi connectivity index (χ0v) is 16.5. The van der Waals surface area contributed by atoms with Gasteiger partial charge in [0.1, 0.15) is 6.29 Å². The molecule has 0 saturated heterocycles. The van der Waals surface area contributed by atoms with E-state index in [1.807, 2.05) is 0 Å². The number of hydrogen-bond acceptors (Lipinski definition) is 1. The van der Waals surface area contributed by atoms with Crippen LogP contribution in [0.15, 0.2) is 0 Å². The van der Waals surface area contributed by atoms with Gasteiger partial charge in [0, 0.05) is 5.92 Å². The Labute approximate surface area is 151 Å². The van der Waals surface area contributed by atoms with Crippen LogP contribution in [-0.2, 0) is 4.79 Å². The van der Waals surface area contributed by atoms with E-state index >= 15 is 0 Å². The fourth-order valence-corrected chi connectivity index (χ4v) is 5.24. The van der Waals surface area contributed by atoms with Crippen molar-refractivity contribution in [2.24, 2.45) is 29.6 Å². The monoisotopic (exact) mass is 334 g/mol. The first kappa shape index (κ1) is 20.0. The molecular weight excluding hydrogens is 292 g/mol. The van der Waals surface area contributed by atoms with Crippen LogP contribution in [-0.4, -0.2) is 6.29 Å². The van der Waals surface area contributed by atoms with Crippen LogP contribution in [0, 0.1) is 29.6 Å². The molecule has 0 aliphatic heterocycles. The lowest BCUT2D eigenvalue weighted by Crippen LogP contribution is -2.20. The maximum Gasteiger partial charge on any atom is 0.123 e. The fourth-order valence-electron chi connectivity index (χ4n) is 5.24. The van der Waals surface area contributed by atoms with Crippen molar-refractivity contribution in [2.45, 2.75) is 110 Å². The summed E-state index contributed by atoms with van der Waals surface area (Å²) in [7, 11) is 0. The van der Waals surface area contributed by atoms with Crippen molar-refractivity contribution in [3.05, 3.63) is 0 Å². The van der Waals surface area contributed by atoms with Gasteiger partial charge in [-0.1, -0.05) is 84.5 Å². The van der Waals surface area contributed by atoms with Crippen LogP contribution in [0.4, 0.5) is 0 Å². The predicted octanol–water partition coefficient (Wildman–Crippen LogP) is 7.18. The third-order valence-electron chi connectivity index (χ3n) is 7.29. The Kier molecular flexibility index (Phi) is 9.43. The Balaban J connectivity index is 1.42. The average molecular weight is 335 g/mol. The summed E-state index contributed by atoms with van der Waals surface area (Å²) in [5.41, 5.74) is 0. The van der Waals surface area contributed by atoms with Crippen LogP contribution >= 0.6 is 0 Å². The number of carbonyl (C=O) groups is 1. The van der Waals surface area contributed by atoms with Crippen molar-refractivity contribution in [2.75, 3.05) is 0 Å². The molecule has 2 fully saturated rings. The molecule has 1 heteroatoms. The van der Waals surface area contributed by atoms with E-state index in [1.54, 1.807) is 0 Å². The minimum atomic E-state index is 0.388. The Hall–Kier alpha value is -0.330. The Morgan fingerprint density at radius 3 is 2.12 bits per heavy atom. The first-order chi connectivity index (χ1) is 11.7. The van der Waals surface area contributed by atoms with Gasteiger partial charge in [-0.2, -0.15) is 0 Å². The molecule has 0 amide bonds. The topological polar surface area (TPSA) is 17.1 Å². The number of aldehydes is 1. The van der Waals surface area contributed by atoms with Gasteiger partial charge >= 0.3 is 0 Å². The number of unbranched alkanes of at least 4 members (excludes halogenated alkanes) is 5. The molecule has 1 nitrogen and oxygen atoms in total. The molecule has 5 atom stereocenters. The van der Waals surface area contributed by atoms with Gasteiger partial charge in [0.25, 0.3) is 0 Å². The maximum atomic E-state index is 11.1. The van der Waals surface area contributed by atoms with Crippen LogP contribution in [0.3, 0.4) is 0 Å².